The van der Waals surface area contributed by atoms with E-state index in [0.717, 1.165) is 16.7 Å². The first kappa shape index (κ1) is 22.5. The summed E-state index contributed by atoms with van der Waals surface area (Å²) in [4.78, 5) is 25.9. The van der Waals surface area contributed by atoms with E-state index in [2.05, 4.69) is 5.32 Å². The van der Waals surface area contributed by atoms with Gasteiger partial charge in [0.2, 0.25) is 5.91 Å². The molecule has 0 unspecified atom stereocenters. The number of nitrogens with zero attached hydrogens (tertiary/aromatic N) is 1. The topological polar surface area (TPSA) is 51.1 Å². The van der Waals surface area contributed by atoms with Crippen molar-refractivity contribution in [1.82, 2.24) is 4.57 Å². The second kappa shape index (κ2) is 8.71. The molecule has 0 aliphatic carbocycles. The molecule has 1 aromatic heterocycles. The van der Waals surface area contributed by atoms with E-state index in [1.54, 1.807) is 54.6 Å². The third-order valence-corrected chi connectivity index (χ3v) is 5.36. The Labute approximate surface area is 190 Å². The molecule has 0 aliphatic heterocycles. The highest BCUT2D eigenvalue weighted by molar-refractivity contribution is 6.33. The van der Waals surface area contributed by atoms with Crippen LogP contribution in [0.2, 0.25) is 5.02 Å². The number of alkyl halides is 3. The summed E-state index contributed by atoms with van der Waals surface area (Å²) >= 11 is 6.31. The summed E-state index contributed by atoms with van der Waals surface area (Å²) in [6.45, 7) is -0.584. The molecule has 0 radical (unpaired) electrons. The quantitative estimate of drug-likeness (QED) is 0.362. The van der Waals surface area contributed by atoms with Gasteiger partial charge in [0, 0.05) is 16.0 Å². The number of fused-ring (bicyclic) bond motifs is 1. The maximum atomic E-state index is 13.4. The van der Waals surface area contributed by atoms with Gasteiger partial charge in [-0.05, 0) is 41.8 Å². The molecule has 4 rings (SSSR count). The molecule has 3 aromatic carbocycles. The van der Waals surface area contributed by atoms with Gasteiger partial charge in [-0.2, -0.15) is 13.2 Å². The Kier molecular flexibility index (Phi) is 5.95. The second-order valence-electron chi connectivity index (χ2n) is 7.22. The predicted molar refractivity (Wildman–Crippen MR) is 119 cm³/mol. The Balaban J connectivity index is 1.79. The van der Waals surface area contributed by atoms with Crippen LogP contribution < -0.4 is 10.9 Å². The van der Waals surface area contributed by atoms with E-state index in [9.17, 15) is 27.2 Å². The van der Waals surface area contributed by atoms with Gasteiger partial charge in [0.05, 0.1) is 16.9 Å². The Morgan fingerprint density at radius 1 is 0.970 bits per heavy atom. The zero-order valence-electron chi connectivity index (χ0n) is 16.8. The van der Waals surface area contributed by atoms with Gasteiger partial charge in [-0.1, -0.05) is 48.0 Å². The molecular formula is C24H15ClF4N2O2. The average molecular weight is 475 g/mol. The molecular weight excluding hydrogens is 460 g/mol. The number of aromatic nitrogens is 1. The fourth-order valence-electron chi connectivity index (χ4n) is 3.54. The summed E-state index contributed by atoms with van der Waals surface area (Å²) in [6.07, 6.45) is -4.88. The van der Waals surface area contributed by atoms with Crippen LogP contribution in [0.4, 0.5) is 23.2 Å². The van der Waals surface area contributed by atoms with Gasteiger partial charge in [-0.25, -0.2) is 4.39 Å². The third kappa shape index (κ3) is 4.61. The van der Waals surface area contributed by atoms with Gasteiger partial charge in [0.1, 0.15) is 12.4 Å². The maximum Gasteiger partial charge on any atom is 0.418 e. The van der Waals surface area contributed by atoms with Crippen molar-refractivity contribution >= 4 is 34.0 Å². The predicted octanol–water partition coefficient (Wildman–Crippen LogP) is 6.12. The molecule has 1 heterocycles. The molecule has 0 bridgehead atoms. The van der Waals surface area contributed by atoms with Gasteiger partial charge in [0.15, 0.2) is 0 Å². The molecule has 0 saturated carbocycles. The maximum absolute atomic E-state index is 13.4. The standard InChI is InChI=1S/C24H15ClF4N2O2/c25-19-8-4-3-7-17(19)21-11-14-5-1-2-6-16(14)23(33)31(21)13-22(32)30-20-10-9-15(26)12-18(20)24(27,28)29/h1-12H,13H2,(H,30,32). The summed E-state index contributed by atoms with van der Waals surface area (Å²) in [6, 6.07) is 17.1. The molecule has 1 amide bonds. The van der Waals surface area contributed by atoms with Gasteiger partial charge >= 0.3 is 6.18 Å². The fourth-order valence-corrected chi connectivity index (χ4v) is 3.77. The number of anilines is 1. The first-order valence-electron chi connectivity index (χ1n) is 9.69. The van der Waals surface area contributed by atoms with Crippen LogP contribution in [0.1, 0.15) is 5.56 Å². The highest BCUT2D eigenvalue weighted by Crippen LogP contribution is 2.35. The Morgan fingerprint density at radius 3 is 2.39 bits per heavy atom. The lowest BCUT2D eigenvalue weighted by Crippen LogP contribution is -2.29. The van der Waals surface area contributed by atoms with Gasteiger partial charge < -0.3 is 5.32 Å². The SMILES string of the molecule is O=C(Cn1c(-c2ccccc2Cl)cc2ccccc2c1=O)Nc1ccc(F)cc1C(F)(F)F. The normalized spacial score (nSPS) is 11.5. The lowest BCUT2D eigenvalue weighted by atomic mass is 10.1. The zero-order chi connectivity index (χ0) is 23.8. The van der Waals surface area contributed by atoms with E-state index in [1.807, 2.05) is 0 Å². The number of halogens is 5. The highest BCUT2D eigenvalue weighted by Gasteiger charge is 2.34. The van der Waals surface area contributed by atoms with E-state index in [1.165, 1.54) is 0 Å². The van der Waals surface area contributed by atoms with Crippen molar-refractivity contribution < 1.29 is 22.4 Å². The van der Waals surface area contributed by atoms with Crippen molar-refractivity contribution in [2.24, 2.45) is 0 Å². The molecule has 4 nitrogen and oxygen atoms in total. The van der Waals surface area contributed by atoms with E-state index < -0.39 is 41.3 Å². The van der Waals surface area contributed by atoms with Crippen molar-refractivity contribution in [2.45, 2.75) is 12.7 Å². The molecule has 4 aromatic rings. The Bertz CT molecular complexity index is 1430. The minimum atomic E-state index is -4.88. The van der Waals surface area contributed by atoms with E-state index >= 15 is 0 Å². The lowest BCUT2D eigenvalue weighted by molar-refractivity contribution is -0.137. The van der Waals surface area contributed by atoms with E-state index in [-0.39, 0.29) is 0 Å². The van der Waals surface area contributed by atoms with Crippen LogP contribution in [0, 0.1) is 5.82 Å². The van der Waals surface area contributed by atoms with Crippen LogP contribution in [-0.2, 0) is 17.5 Å². The number of nitrogens with one attached hydrogen (secondary N) is 1. The average Bonchev–Trinajstić information content (AvgIpc) is 2.76. The Hall–Kier alpha value is -3.65. The van der Waals surface area contributed by atoms with Gasteiger partial charge in [-0.3, -0.25) is 14.2 Å². The molecule has 0 atom stereocenters. The van der Waals surface area contributed by atoms with E-state index in [4.69, 9.17) is 11.6 Å². The summed E-state index contributed by atoms with van der Waals surface area (Å²) in [5, 5.41) is 3.43. The van der Waals surface area contributed by atoms with Crippen LogP contribution in [0.25, 0.3) is 22.0 Å². The number of pyridine rings is 1. The van der Waals surface area contributed by atoms with Crippen LogP contribution >= 0.6 is 11.6 Å². The smallest absolute Gasteiger partial charge is 0.324 e. The van der Waals surface area contributed by atoms with Crippen LogP contribution in [0.15, 0.2) is 77.6 Å². The molecule has 0 aliphatic rings. The van der Waals surface area contributed by atoms with Crippen molar-refractivity contribution in [2.75, 3.05) is 5.32 Å². The first-order valence-corrected chi connectivity index (χ1v) is 10.1. The Morgan fingerprint density at radius 2 is 1.67 bits per heavy atom. The van der Waals surface area contributed by atoms with Gasteiger partial charge in [0.25, 0.3) is 5.56 Å². The zero-order valence-corrected chi connectivity index (χ0v) is 17.5. The van der Waals surface area contributed by atoms with Crippen LogP contribution in [0.5, 0.6) is 0 Å². The van der Waals surface area contributed by atoms with E-state index in [0.29, 0.717) is 33.1 Å². The highest BCUT2D eigenvalue weighted by atomic mass is 35.5. The number of benzene rings is 3. The summed E-state index contributed by atoms with van der Waals surface area (Å²) in [5.74, 6) is -1.98. The minimum Gasteiger partial charge on any atom is -0.324 e. The molecule has 0 spiro atoms. The molecule has 0 saturated heterocycles. The first-order chi connectivity index (χ1) is 15.6. The fraction of sp³-hybridized carbons (Fsp3) is 0.0833. The van der Waals surface area contributed by atoms with Crippen molar-refractivity contribution in [3.63, 3.8) is 0 Å². The lowest BCUT2D eigenvalue weighted by Gasteiger charge is -2.17. The molecule has 9 heteroatoms. The molecule has 0 fully saturated rings. The van der Waals surface area contributed by atoms with Crippen molar-refractivity contribution in [3.05, 3.63) is 99.6 Å². The van der Waals surface area contributed by atoms with Crippen LogP contribution in [0.3, 0.4) is 0 Å². The number of carbonyl (C=O) groups is 1. The monoisotopic (exact) mass is 474 g/mol. The number of hydrogen-bond acceptors (Lipinski definition) is 2. The largest absolute Gasteiger partial charge is 0.418 e. The van der Waals surface area contributed by atoms with Crippen LogP contribution in [-0.4, -0.2) is 10.5 Å². The number of carbonyl (C=O) groups excluding carboxylic acids is 1. The second-order valence-corrected chi connectivity index (χ2v) is 7.63. The molecule has 1 N–H and O–H groups in total. The number of rotatable bonds is 4. The number of amides is 1. The van der Waals surface area contributed by atoms with Crippen molar-refractivity contribution in [1.29, 1.82) is 0 Å². The van der Waals surface area contributed by atoms with Gasteiger partial charge in [-0.15, -0.1) is 0 Å². The minimum absolute atomic E-state index is 0.299. The summed E-state index contributed by atoms with van der Waals surface area (Å²) in [7, 11) is 0. The molecule has 168 valence electrons. The summed E-state index contributed by atoms with van der Waals surface area (Å²) < 4.78 is 54.4. The molecule has 33 heavy (non-hydrogen) atoms. The number of hydrogen-bond donors (Lipinski definition) is 1. The van der Waals surface area contributed by atoms with Crippen molar-refractivity contribution in [3.8, 4) is 11.3 Å². The summed E-state index contributed by atoms with van der Waals surface area (Å²) in [5.41, 5.74) is -1.63. The third-order valence-electron chi connectivity index (χ3n) is 5.03.